The van der Waals surface area contributed by atoms with Gasteiger partial charge in [0.1, 0.15) is 12.3 Å². The second-order valence-corrected chi connectivity index (χ2v) is 9.19. The van der Waals surface area contributed by atoms with E-state index < -0.39 is 6.09 Å². The maximum Gasteiger partial charge on any atom is 0.412 e. The smallest absolute Gasteiger partial charge is 0.412 e. The lowest BCUT2D eigenvalue weighted by atomic mass is 10.0. The summed E-state index contributed by atoms with van der Waals surface area (Å²) in [5, 5.41) is 7.50. The van der Waals surface area contributed by atoms with Crippen LogP contribution in [0.2, 0.25) is 5.02 Å². The first-order valence-corrected chi connectivity index (χ1v) is 12.9. The van der Waals surface area contributed by atoms with Crippen molar-refractivity contribution in [1.29, 1.82) is 0 Å². The van der Waals surface area contributed by atoms with Gasteiger partial charge in [-0.15, -0.1) is 3.89 Å². The highest BCUT2D eigenvalue weighted by Crippen LogP contribution is 2.34. The third kappa shape index (κ3) is 6.54. The molecule has 4 aromatic rings. The van der Waals surface area contributed by atoms with Crippen LogP contribution in [0.1, 0.15) is 23.7 Å². The van der Waals surface area contributed by atoms with E-state index in [9.17, 15) is 13.5 Å². The van der Waals surface area contributed by atoms with Gasteiger partial charge in [-0.1, -0.05) is 78.3 Å². The quantitative estimate of drug-likeness (QED) is 0.217. The fourth-order valence-corrected chi connectivity index (χ4v) is 4.31. The largest absolute Gasteiger partial charge is 0.466 e. The zero-order valence-electron chi connectivity index (χ0n) is 20.7. The molecule has 1 N–H and O–H groups in total. The van der Waals surface area contributed by atoms with Crippen LogP contribution < -0.4 is 5.32 Å². The van der Waals surface area contributed by atoms with Gasteiger partial charge >= 0.3 is 12.1 Å². The molecule has 0 atom stereocenters. The molecule has 0 aliphatic heterocycles. The van der Waals surface area contributed by atoms with Gasteiger partial charge in [0.15, 0.2) is 12.3 Å². The Morgan fingerprint density at radius 3 is 2.24 bits per heavy atom. The van der Waals surface area contributed by atoms with Gasteiger partial charge in [0.05, 0.1) is 24.4 Å². The Morgan fingerprint density at radius 1 is 0.974 bits per heavy atom. The van der Waals surface area contributed by atoms with E-state index in [1.807, 2.05) is 48.5 Å². The Labute approximate surface area is 229 Å². The van der Waals surface area contributed by atoms with Crippen LogP contribution in [-0.2, 0) is 27.3 Å². The maximum atomic E-state index is 13.5. The van der Waals surface area contributed by atoms with Gasteiger partial charge in [0.25, 0.3) is 0 Å². The second kappa shape index (κ2) is 12.6. The Bertz CT molecular complexity index is 1430. The van der Waals surface area contributed by atoms with Crippen molar-refractivity contribution in [2.24, 2.45) is 0 Å². The Hall–Kier alpha value is -3.82. The molecule has 0 saturated heterocycles. The van der Waals surface area contributed by atoms with Crippen LogP contribution in [0.3, 0.4) is 0 Å². The van der Waals surface area contributed by atoms with E-state index in [-0.39, 0.29) is 31.3 Å². The molecule has 0 bridgehead atoms. The molecular weight excluding hydrogens is 529 g/mol. The Balaban J connectivity index is 1.50. The minimum absolute atomic E-state index is 0.0147. The molecule has 0 unspecified atom stereocenters. The van der Waals surface area contributed by atoms with Gasteiger partial charge in [-0.25, -0.2) is 4.79 Å². The average molecular weight is 554 g/mol. The predicted molar refractivity (Wildman–Crippen MR) is 148 cm³/mol. The van der Waals surface area contributed by atoms with E-state index in [1.54, 1.807) is 38.1 Å². The highest BCUT2D eigenvalue weighted by molar-refractivity contribution is 7.92. The monoisotopic (exact) mass is 553 g/mol. The van der Waals surface area contributed by atoms with Gasteiger partial charge in [-0.05, 0) is 36.6 Å². The van der Waals surface area contributed by atoms with Crippen LogP contribution in [0.4, 0.5) is 14.4 Å². The molecule has 10 heteroatoms. The van der Waals surface area contributed by atoms with Crippen LogP contribution in [0.5, 0.6) is 0 Å². The topological polar surface area (TPSA) is 82.5 Å². The summed E-state index contributed by atoms with van der Waals surface area (Å²) in [4.78, 5) is 24.3. The van der Waals surface area contributed by atoms with Crippen molar-refractivity contribution in [2.75, 3.05) is 11.9 Å². The molecule has 0 aliphatic rings. The summed E-state index contributed by atoms with van der Waals surface area (Å²) in [6.45, 7) is 3.77. The SMILES string of the molecule is CCOC(=O)Cc1ccc(-c2ccc(-c3nn(SF)c(C)c3NC(=O)OCc3ccccc3Cl)cc2)cc1. The number of rotatable bonds is 9. The highest BCUT2D eigenvalue weighted by atomic mass is 35.5. The highest BCUT2D eigenvalue weighted by Gasteiger charge is 2.20. The zero-order chi connectivity index (χ0) is 27.1. The van der Waals surface area contributed by atoms with Crippen molar-refractivity contribution in [3.05, 3.63) is 94.6 Å². The lowest BCUT2D eigenvalue weighted by molar-refractivity contribution is -0.142. The molecule has 196 valence electrons. The molecule has 3 aromatic carbocycles. The molecular formula is C28H25ClFN3O4S. The number of nitrogens with zero attached hydrogens (tertiary/aromatic N) is 2. The zero-order valence-corrected chi connectivity index (χ0v) is 22.3. The maximum absolute atomic E-state index is 13.5. The standard InChI is InChI=1S/C28H25ClFN3O4S/c1-3-36-25(34)16-19-8-10-20(11-9-19)21-12-14-22(15-13-21)27-26(18(2)33(32-27)38-30)31-28(35)37-17-23-6-4-5-7-24(23)29/h4-15H,3,16-17H2,1-2H3,(H,31,35). The average Bonchev–Trinajstić information content (AvgIpc) is 3.23. The summed E-state index contributed by atoms with van der Waals surface area (Å²) < 4.78 is 24.9. The summed E-state index contributed by atoms with van der Waals surface area (Å²) in [5.41, 5.74) is 5.29. The number of aromatic nitrogens is 2. The van der Waals surface area contributed by atoms with Crippen molar-refractivity contribution >= 4 is 41.7 Å². The number of halogens is 2. The number of benzene rings is 3. The van der Waals surface area contributed by atoms with E-state index in [0.717, 1.165) is 20.8 Å². The van der Waals surface area contributed by atoms with Gasteiger partial charge in [0.2, 0.25) is 0 Å². The molecule has 4 rings (SSSR count). The number of carbonyl (C=O) groups is 2. The lowest BCUT2D eigenvalue weighted by Crippen LogP contribution is -2.14. The Kier molecular flexibility index (Phi) is 9.04. The summed E-state index contributed by atoms with van der Waals surface area (Å²) in [7, 11) is 0. The third-order valence-corrected chi connectivity index (χ3v) is 6.64. The number of nitrogens with one attached hydrogen (secondary N) is 1. The number of amides is 1. The number of hydrogen-bond donors (Lipinski definition) is 1. The van der Waals surface area contributed by atoms with Crippen LogP contribution in [0, 0.1) is 6.92 Å². The van der Waals surface area contributed by atoms with Crippen LogP contribution in [0.25, 0.3) is 22.4 Å². The number of hydrogen-bond acceptors (Lipinski definition) is 6. The summed E-state index contributed by atoms with van der Waals surface area (Å²) >= 11 is 6.06. The molecule has 0 fully saturated rings. The first kappa shape index (κ1) is 27.2. The summed E-state index contributed by atoms with van der Waals surface area (Å²) in [5.74, 6) is -0.261. The molecule has 38 heavy (non-hydrogen) atoms. The molecule has 7 nitrogen and oxygen atoms in total. The van der Waals surface area contributed by atoms with Gasteiger partial charge in [-0.3, -0.25) is 10.1 Å². The van der Waals surface area contributed by atoms with E-state index in [4.69, 9.17) is 21.1 Å². The van der Waals surface area contributed by atoms with Crippen LogP contribution in [0.15, 0.2) is 72.8 Å². The minimum Gasteiger partial charge on any atom is -0.466 e. The van der Waals surface area contributed by atoms with Crippen molar-refractivity contribution in [3.63, 3.8) is 0 Å². The van der Waals surface area contributed by atoms with Crippen LogP contribution in [-0.4, -0.2) is 27.9 Å². The molecule has 1 heterocycles. The van der Waals surface area contributed by atoms with Crippen molar-refractivity contribution in [3.8, 4) is 22.4 Å². The number of anilines is 1. The second-order valence-electron chi connectivity index (χ2n) is 8.30. The van der Waals surface area contributed by atoms with E-state index in [0.29, 0.717) is 39.8 Å². The van der Waals surface area contributed by atoms with E-state index >= 15 is 0 Å². The number of esters is 1. The predicted octanol–water partition coefficient (Wildman–Crippen LogP) is 7.41. The Morgan fingerprint density at radius 2 is 1.61 bits per heavy atom. The summed E-state index contributed by atoms with van der Waals surface area (Å²) in [6.07, 6.45) is -0.490. The fraction of sp³-hybridized carbons (Fsp3) is 0.179. The van der Waals surface area contributed by atoms with E-state index in [2.05, 4.69) is 10.4 Å². The first-order valence-electron chi connectivity index (χ1n) is 11.8. The molecule has 0 aliphatic carbocycles. The van der Waals surface area contributed by atoms with Gasteiger partial charge in [0, 0.05) is 16.1 Å². The molecule has 1 amide bonds. The van der Waals surface area contributed by atoms with Crippen molar-refractivity contribution < 1.29 is 22.9 Å². The van der Waals surface area contributed by atoms with Crippen LogP contribution >= 0.6 is 23.9 Å². The van der Waals surface area contributed by atoms with Gasteiger partial charge in [-0.2, -0.15) is 9.19 Å². The van der Waals surface area contributed by atoms with Gasteiger partial charge < -0.3 is 9.47 Å². The first-order chi connectivity index (χ1) is 18.4. The normalized spacial score (nSPS) is 10.7. The number of ether oxygens (including phenoxy) is 2. The molecule has 0 radical (unpaired) electrons. The summed E-state index contributed by atoms with van der Waals surface area (Å²) in [6, 6.07) is 22.2. The lowest BCUT2D eigenvalue weighted by Gasteiger charge is -2.10. The van der Waals surface area contributed by atoms with Crippen molar-refractivity contribution in [1.82, 2.24) is 9.19 Å². The number of carbonyl (C=O) groups excluding carboxylic acids is 2. The molecule has 1 aromatic heterocycles. The fourth-order valence-electron chi connectivity index (χ4n) is 3.81. The minimum atomic E-state index is -0.711. The van der Waals surface area contributed by atoms with Crippen molar-refractivity contribution in [2.45, 2.75) is 26.9 Å². The molecule has 0 saturated carbocycles. The third-order valence-electron chi connectivity index (χ3n) is 5.78. The van der Waals surface area contributed by atoms with E-state index in [1.165, 1.54) is 0 Å². The molecule has 0 spiro atoms.